The zero-order valence-corrected chi connectivity index (χ0v) is 13.4. The predicted octanol–water partition coefficient (Wildman–Crippen LogP) is 1.54. The van der Waals surface area contributed by atoms with Gasteiger partial charge in [0, 0.05) is 12.1 Å². The van der Waals surface area contributed by atoms with E-state index in [9.17, 15) is 4.79 Å². The van der Waals surface area contributed by atoms with E-state index >= 15 is 0 Å². The van der Waals surface area contributed by atoms with Gasteiger partial charge >= 0.3 is 5.91 Å². The van der Waals surface area contributed by atoms with Gasteiger partial charge in [-0.05, 0) is 6.42 Å². The molecule has 0 bridgehead atoms. The molecule has 0 radical (unpaired) electrons. The fourth-order valence-corrected chi connectivity index (χ4v) is 2.28. The first-order valence-electron chi connectivity index (χ1n) is 7.84. The first-order valence-corrected chi connectivity index (χ1v) is 7.84. The van der Waals surface area contributed by atoms with Crippen LogP contribution < -0.4 is 17.0 Å². The van der Waals surface area contributed by atoms with Crippen molar-refractivity contribution in [2.45, 2.75) is 71.1 Å². The van der Waals surface area contributed by atoms with E-state index in [1.807, 2.05) is 30.6 Å². The summed E-state index contributed by atoms with van der Waals surface area (Å²) in [4.78, 5) is 11.8. The smallest absolute Gasteiger partial charge is 0.392 e. The van der Waals surface area contributed by atoms with Gasteiger partial charge in [0.25, 0.3) is 0 Å². The number of hydrogen-bond donors (Lipinski definition) is 0. The molecule has 2 nitrogen and oxygen atoms in total. The summed E-state index contributed by atoms with van der Waals surface area (Å²) in [6.07, 6.45) is 16.0. The maximum atomic E-state index is 11.8. The molecule has 1 heterocycles. The molecule has 0 spiro atoms. The maximum Gasteiger partial charge on any atom is 0.392 e. The van der Waals surface area contributed by atoms with Crippen LogP contribution in [0, 0.1) is 0 Å². The van der Waals surface area contributed by atoms with Crippen LogP contribution in [-0.4, -0.2) is 5.91 Å². The summed E-state index contributed by atoms with van der Waals surface area (Å²) in [5.74, 6) is 0.212. The number of pyridine rings is 1. The molecule has 0 aliphatic heterocycles. The molecule has 114 valence electrons. The van der Waals surface area contributed by atoms with E-state index in [4.69, 9.17) is 0 Å². The van der Waals surface area contributed by atoms with Gasteiger partial charge in [-0.1, -0.05) is 64.4 Å². The fraction of sp³-hybridized carbons (Fsp3) is 0.647. The molecule has 0 aromatic carbocycles. The summed E-state index contributed by atoms with van der Waals surface area (Å²) in [7, 11) is 0. The Hall–Kier alpha value is -0.890. The second-order valence-corrected chi connectivity index (χ2v) is 5.25. The molecule has 1 aromatic rings. The van der Waals surface area contributed by atoms with Crippen LogP contribution in [-0.2, 0) is 0 Å². The topological polar surface area (TPSA) is 20.9 Å². The maximum absolute atomic E-state index is 11.8. The standard InChI is InChI=1S/C17H28NO.ClH/c1-2-3-4-5-6-7-8-9-11-14-17(19)18-15-12-10-13-16-18;/h10,12-13,15-16H,2-9,11,14H2,1H3;1H/q+1;/p-1. The molecule has 0 fully saturated rings. The van der Waals surface area contributed by atoms with Gasteiger partial charge in [0.05, 0.1) is 6.42 Å². The summed E-state index contributed by atoms with van der Waals surface area (Å²) in [6.45, 7) is 2.25. The summed E-state index contributed by atoms with van der Waals surface area (Å²) < 4.78 is 1.69. The number of nitrogens with zero attached hydrogens (tertiary/aromatic N) is 1. The molecule has 0 aliphatic carbocycles. The van der Waals surface area contributed by atoms with E-state index in [1.165, 1.54) is 51.4 Å². The molecule has 0 saturated heterocycles. The minimum atomic E-state index is 0. The van der Waals surface area contributed by atoms with Crippen LogP contribution in [0.1, 0.15) is 75.9 Å². The van der Waals surface area contributed by atoms with Gasteiger partial charge in [-0.25, -0.2) is 4.79 Å². The Kier molecular flexibility index (Phi) is 12.5. The Morgan fingerprint density at radius 1 is 0.800 bits per heavy atom. The van der Waals surface area contributed by atoms with E-state index in [0.717, 1.165) is 6.42 Å². The van der Waals surface area contributed by atoms with Crippen molar-refractivity contribution in [1.82, 2.24) is 0 Å². The third kappa shape index (κ3) is 9.08. The quantitative estimate of drug-likeness (QED) is 0.474. The van der Waals surface area contributed by atoms with E-state index in [-0.39, 0.29) is 18.3 Å². The molecule has 3 heteroatoms. The molecule has 20 heavy (non-hydrogen) atoms. The second-order valence-electron chi connectivity index (χ2n) is 5.25. The van der Waals surface area contributed by atoms with E-state index in [2.05, 4.69) is 6.92 Å². The number of carbonyl (C=O) groups excluding carboxylic acids is 1. The Bertz CT molecular complexity index is 340. The van der Waals surface area contributed by atoms with Gasteiger partial charge in [-0.15, -0.1) is 4.57 Å². The van der Waals surface area contributed by atoms with Crippen LogP contribution >= 0.6 is 0 Å². The number of halogens is 1. The van der Waals surface area contributed by atoms with Crippen LogP contribution in [0.2, 0.25) is 0 Å². The minimum absolute atomic E-state index is 0. The lowest BCUT2D eigenvalue weighted by molar-refractivity contribution is -0.574. The van der Waals surface area contributed by atoms with E-state index in [1.54, 1.807) is 4.57 Å². The first kappa shape index (κ1) is 19.1. The molecule has 0 saturated carbocycles. The largest absolute Gasteiger partial charge is 1.00 e. The Labute approximate surface area is 130 Å². The fourth-order valence-electron chi connectivity index (χ4n) is 2.28. The van der Waals surface area contributed by atoms with Gasteiger partial charge in [0.2, 0.25) is 0 Å². The van der Waals surface area contributed by atoms with Crippen LogP contribution in [0.15, 0.2) is 30.6 Å². The SMILES string of the molecule is CCCCCCCCCCCC(=O)[n+]1ccccc1.[Cl-]. The molecule has 1 aromatic heterocycles. The van der Waals surface area contributed by atoms with Crippen molar-refractivity contribution < 1.29 is 21.8 Å². The first-order chi connectivity index (χ1) is 9.34. The van der Waals surface area contributed by atoms with Gasteiger partial charge in [-0.3, -0.25) is 0 Å². The van der Waals surface area contributed by atoms with Crippen molar-refractivity contribution in [3.05, 3.63) is 30.6 Å². The third-order valence-corrected chi connectivity index (χ3v) is 3.50. The number of carbonyl (C=O) groups is 1. The molecular formula is C17H28ClNO. The van der Waals surface area contributed by atoms with Crippen molar-refractivity contribution in [3.8, 4) is 0 Å². The number of rotatable bonds is 10. The Balaban J connectivity index is 0.00000361. The zero-order valence-electron chi connectivity index (χ0n) is 12.7. The molecular weight excluding hydrogens is 270 g/mol. The molecule has 0 amide bonds. The highest BCUT2D eigenvalue weighted by Crippen LogP contribution is 2.10. The second kappa shape index (κ2) is 13.1. The molecule has 1 rings (SSSR count). The molecule has 0 N–H and O–H groups in total. The number of aromatic nitrogens is 1. The highest BCUT2D eigenvalue weighted by molar-refractivity contribution is 5.66. The molecule has 0 unspecified atom stereocenters. The highest BCUT2D eigenvalue weighted by Gasteiger charge is 2.11. The summed E-state index contributed by atoms with van der Waals surface area (Å²) in [5, 5.41) is 0. The van der Waals surface area contributed by atoms with Gasteiger partial charge in [0.1, 0.15) is 0 Å². The van der Waals surface area contributed by atoms with Crippen molar-refractivity contribution in [2.75, 3.05) is 0 Å². The number of hydrogen-bond acceptors (Lipinski definition) is 1. The lowest BCUT2D eigenvalue weighted by Gasteiger charge is -2.00. The monoisotopic (exact) mass is 297 g/mol. The summed E-state index contributed by atoms with van der Waals surface area (Å²) >= 11 is 0. The minimum Gasteiger partial charge on any atom is -1.00 e. The lowest BCUT2D eigenvalue weighted by atomic mass is 10.1. The zero-order chi connectivity index (χ0) is 13.8. The van der Waals surface area contributed by atoms with Gasteiger partial charge in [0.15, 0.2) is 12.4 Å². The summed E-state index contributed by atoms with van der Waals surface area (Å²) in [6, 6.07) is 5.73. The Morgan fingerprint density at radius 2 is 1.30 bits per heavy atom. The normalized spacial score (nSPS) is 10.1. The average molecular weight is 298 g/mol. The predicted molar refractivity (Wildman–Crippen MR) is 79.1 cm³/mol. The van der Waals surface area contributed by atoms with Crippen molar-refractivity contribution in [2.24, 2.45) is 0 Å². The van der Waals surface area contributed by atoms with Gasteiger partial charge < -0.3 is 12.4 Å². The van der Waals surface area contributed by atoms with Crippen LogP contribution in [0.3, 0.4) is 0 Å². The highest BCUT2D eigenvalue weighted by atomic mass is 35.5. The Morgan fingerprint density at radius 3 is 1.85 bits per heavy atom. The summed E-state index contributed by atoms with van der Waals surface area (Å²) in [5.41, 5.74) is 0. The van der Waals surface area contributed by atoms with Gasteiger partial charge in [-0.2, -0.15) is 0 Å². The van der Waals surface area contributed by atoms with E-state index < -0.39 is 0 Å². The molecule has 0 aliphatic rings. The van der Waals surface area contributed by atoms with Crippen LogP contribution in [0.4, 0.5) is 0 Å². The van der Waals surface area contributed by atoms with Crippen molar-refractivity contribution in [3.63, 3.8) is 0 Å². The van der Waals surface area contributed by atoms with Crippen LogP contribution in [0.25, 0.3) is 0 Å². The molecule has 0 atom stereocenters. The van der Waals surface area contributed by atoms with Crippen LogP contribution in [0.5, 0.6) is 0 Å². The lowest BCUT2D eigenvalue weighted by Crippen LogP contribution is -3.00. The van der Waals surface area contributed by atoms with E-state index in [0.29, 0.717) is 6.42 Å². The van der Waals surface area contributed by atoms with Crippen molar-refractivity contribution >= 4 is 5.91 Å². The average Bonchev–Trinajstić information content (AvgIpc) is 2.46. The third-order valence-electron chi connectivity index (χ3n) is 3.50. The number of unbranched alkanes of at least 4 members (excludes halogenated alkanes) is 8. The van der Waals surface area contributed by atoms with Crippen molar-refractivity contribution in [1.29, 1.82) is 0 Å².